The largest absolute Gasteiger partial charge is 0.396 e. The summed E-state index contributed by atoms with van der Waals surface area (Å²) >= 11 is 0. The van der Waals surface area contributed by atoms with E-state index in [4.69, 9.17) is 0 Å². The van der Waals surface area contributed by atoms with E-state index in [2.05, 4.69) is 6.58 Å². The lowest BCUT2D eigenvalue weighted by Gasteiger charge is -2.24. The number of alkyl halides is 5. The van der Waals surface area contributed by atoms with E-state index in [0.29, 0.717) is 29.5 Å². The molecule has 200 valence electrons. The Kier molecular flexibility index (Phi) is 10.7. The summed E-state index contributed by atoms with van der Waals surface area (Å²) in [5.41, 5.74) is 1.80. The van der Waals surface area contributed by atoms with Gasteiger partial charge in [0, 0.05) is 12.8 Å². The number of rotatable bonds is 13. The van der Waals surface area contributed by atoms with Gasteiger partial charge in [-0.2, -0.15) is 13.2 Å². The second kappa shape index (κ2) is 12.8. The molecule has 4 atom stereocenters. The lowest BCUT2D eigenvalue weighted by atomic mass is 9.84. The molecular formula is C30H38F6. The molecule has 2 aromatic carbocycles. The van der Waals surface area contributed by atoms with Gasteiger partial charge in [0.05, 0.1) is 5.92 Å². The molecule has 0 bridgehead atoms. The van der Waals surface area contributed by atoms with Crippen LogP contribution in [0.1, 0.15) is 88.3 Å². The first kappa shape index (κ1) is 30.0. The number of hydrogen-bond donors (Lipinski definition) is 0. The molecular weight excluding hydrogens is 474 g/mol. The van der Waals surface area contributed by atoms with Crippen LogP contribution in [0, 0.1) is 17.7 Å². The molecule has 0 aliphatic rings. The standard InChI is InChI=1S/C30H38F6/c1-20(2)16-27(30(34,35)36)25-12-8-11-24(18-25)17-21(3)19-29(32,33)15-9-10-22(4)23(5)26-13-6-7-14-28(26)31/h6-8,11-14,18,21-23,27H,1,9-10,15-17,19H2,2-5H3. The number of allylic oxidation sites excluding steroid dienone is 1. The van der Waals surface area contributed by atoms with Gasteiger partial charge in [-0.25, -0.2) is 13.2 Å². The maximum atomic E-state index is 14.7. The summed E-state index contributed by atoms with van der Waals surface area (Å²) in [5, 5.41) is 0. The molecule has 0 nitrogen and oxygen atoms in total. The highest BCUT2D eigenvalue weighted by Gasteiger charge is 2.40. The Hall–Kier alpha value is -2.24. The first-order valence-electron chi connectivity index (χ1n) is 12.6. The molecule has 4 unspecified atom stereocenters. The minimum Gasteiger partial charge on any atom is -0.207 e. The van der Waals surface area contributed by atoms with Crippen molar-refractivity contribution >= 4 is 0 Å². The van der Waals surface area contributed by atoms with Crippen molar-refractivity contribution in [2.45, 2.75) is 90.2 Å². The summed E-state index contributed by atoms with van der Waals surface area (Å²) in [4.78, 5) is 0. The third-order valence-corrected chi connectivity index (χ3v) is 6.98. The van der Waals surface area contributed by atoms with Crippen molar-refractivity contribution < 1.29 is 26.3 Å². The van der Waals surface area contributed by atoms with Gasteiger partial charge in [0.25, 0.3) is 0 Å². The third-order valence-electron chi connectivity index (χ3n) is 6.98. The van der Waals surface area contributed by atoms with Crippen LogP contribution in [0.4, 0.5) is 26.3 Å². The summed E-state index contributed by atoms with van der Waals surface area (Å²) in [6.45, 7) is 10.7. The highest BCUT2D eigenvalue weighted by Crippen LogP contribution is 2.40. The van der Waals surface area contributed by atoms with Crippen molar-refractivity contribution in [3.8, 4) is 0 Å². The zero-order valence-electron chi connectivity index (χ0n) is 21.6. The predicted molar refractivity (Wildman–Crippen MR) is 135 cm³/mol. The monoisotopic (exact) mass is 512 g/mol. The fourth-order valence-corrected chi connectivity index (χ4v) is 4.88. The molecule has 0 radical (unpaired) electrons. The van der Waals surface area contributed by atoms with Crippen molar-refractivity contribution in [2.75, 3.05) is 0 Å². The highest BCUT2D eigenvalue weighted by molar-refractivity contribution is 5.29. The molecule has 0 saturated heterocycles. The van der Waals surface area contributed by atoms with Crippen LogP contribution in [-0.4, -0.2) is 12.1 Å². The molecule has 0 N–H and O–H groups in total. The molecule has 6 heteroatoms. The van der Waals surface area contributed by atoms with E-state index >= 15 is 0 Å². The normalized spacial score (nSPS) is 15.8. The average molecular weight is 513 g/mol. The van der Waals surface area contributed by atoms with Gasteiger partial charge in [-0.3, -0.25) is 0 Å². The van der Waals surface area contributed by atoms with E-state index in [-0.39, 0.29) is 48.9 Å². The molecule has 0 saturated carbocycles. The quantitative estimate of drug-likeness (QED) is 0.185. The Morgan fingerprint density at radius 2 is 1.61 bits per heavy atom. The number of hydrogen-bond acceptors (Lipinski definition) is 0. The molecule has 2 aromatic rings. The summed E-state index contributed by atoms with van der Waals surface area (Å²) in [7, 11) is 0. The molecule has 0 amide bonds. The Labute approximate surface area is 211 Å². The van der Waals surface area contributed by atoms with E-state index in [1.54, 1.807) is 44.2 Å². The highest BCUT2D eigenvalue weighted by atomic mass is 19.4. The van der Waals surface area contributed by atoms with Crippen LogP contribution in [0.5, 0.6) is 0 Å². The number of benzene rings is 2. The summed E-state index contributed by atoms with van der Waals surface area (Å²) < 4.78 is 84.1. The molecule has 0 spiro atoms. The van der Waals surface area contributed by atoms with Gasteiger partial charge in [0.2, 0.25) is 5.92 Å². The van der Waals surface area contributed by atoms with Gasteiger partial charge < -0.3 is 0 Å². The van der Waals surface area contributed by atoms with E-state index < -0.39 is 23.9 Å². The molecule has 0 aliphatic carbocycles. The Balaban J connectivity index is 1.92. The summed E-state index contributed by atoms with van der Waals surface area (Å²) in [6, 6.07) is 12.7. The fraction of sp³-hybridized carbons (Fsp3) is 0.533. The van der Waals surface area contributed by atoms with E-state index in [1.165, 1.54) is 18.2 Å². The van der Waals surface area contributed by atoms with Gasteiger partial charge in [-0.05, 0) is 73.1 Å². The van der Waals surface area contributed by atoms with Crippen molar-refractivity contribution in [3.05, 3.63) is 83.2 Å². The zero-order valence-corrected chi connectivity index (χ0v) is 21.6. The van der Waals surface area contributed by atoms with Crippen LogP contribution in [0.15, 0.2) is 60.7 Å². The molecule has 0 heterocycles. The Morgan fingerprint density at radius 1 is 0.944 bits per heavy atom. The molecule has 0 aliphatic heterocycles. The fourth-order valence-electron chi connectivity index (χ4n) is 4.88. The first-order chi connectivity index (χ1) is 16.7. The lowest BCUT2D eigenvalue weighted by molar-refractivity contribution is -0.150. The third kappa shape index (κ3) is 9.33. The molecule has 36 heavy (non-hydrogen) atoms. The van der Waals surface area contributed by atoms with E-state index in [9.17, 15) is 26.3 Å². The topological polar surface area (TPSA) is 0 Å². The van der Waals surface area contributed by atoms with Crippen molar-refractivity contribution in [3.63, 3.8) is 0 Å². The van der Waals surface area contributed by atoms with Crippen LogP contribution in [-0.2, 0) is 6.42 Å². The van der Waals surface area contributed by atoms with Crippen molar-refractivity contribution in [2.24, 2.45) is 11.8 Å². The minimum atomic E-state index is -4.41. The SMILES string of the molecule is C=C(C)CC(c1cccc(CC(C)CC(F)(F)CCCC(C)C(C)c2ccccc2F)c1)C(F)(F)F. The minimum absolute atomic E-state index is 0.0543. The van der Waals surface area contributed by atoms with E-state index in [0.717, 1.165) is 0 Å². The smallest absolute Gasteiger partial charge is 0.207 e. The molecule has 0 fully saturated rings. The summed E-state index contributed by atoms with van der Waals surface area (Å²) in [6.07, 6.45) is -4.04. The van der Waals surface area contributed by atoms with Crippen LogP contribution < -0.4 is 0 Å². The van der Waals surface area contributed by atoms with Crippen LogP contribution in [0.25, 0.3) is 0 Å². The lowest BCUT2D eigenvalue weighted by Crippen LogP contribution is -2.22. The maximum Gasteiger partial charge on any atom is 0.396 e. The van der Waals surface area contributed by atoms with Gasteiger partial charge in [0.15, 0.2) is 0 Å². The zero-order chi connectivity index (χ0) is 27.1. The Morgan fingerprint density at radius 3 is 2.22 bits per heavy atom. The molecule has 0 aromatic heterocycles. The van der Waals surface area contributed by atoms with E-state index in [1.807, 2.05) is 13.8 Å². The van der Waals surface area contributed by atoms with Crippen LogP contribution in [0.3, 0.4) is 0 Å². The van der Waals surface area contributed by atoms with Crippen LogP contribution >= 0.6 is 0 Å². The van der Waals surface area contributed by atoms with Crippen molar-refractivity contribution in [1.29, 1.82) is 0 Å². The van der Waals surface area contributed by atoms with Crippen molar-refractivity contribution in [1.82, 2.24) is 0 Å². The van der Waals surface area contributed by atoms with Crippen LogP contribution in [0.2, 0.25) is 0 Å². The second-order valence-electron chi connectivity index (χ2n) is 10.5. The van der Waals surface area contributed by atoms with Gasteiger partial charge in [0.1, 0.15) is 5.82 Å². The van der Waals surface area contributed by atoms with Gasteiger partial charge in [-0.15, -0.1) is 6.58 Å². The number of halogens is 6. The Bertz CT molecular complexity index is 977. The predicted octanol–water partition coefficient (Wildman–Crippen LogP) is 10.3. The first-order valence-corrected chi connectivity index (χ1v) is 12.6. The van der Waals surface area contributed by atoms with Gasteiger partial charge >= 0.3 is 6.18 Å². The summed E-state index contributed by atoms with van der Waals surface area (Å²) in [5.74, 6) is -5.21. The van der Waals surface area contributed by atoms with Gasteiger partial charge in [-0.1, -0.05) is 68.8 Å². The maximum absolute atomic E-state index is 14.7. The second-order valence-corrected chi connectivity index (χ2v) is 10.5. The molecule has 2 rings (SSSR count). The average Bonchev–Trinajstić information content (AvgIpc) is 2.76.